The van der Waals surface area contributed by atoms with E-state index in [-0.39, 0.29) is 25.8 Å². The molecule has 0 amide bonds. The first-order chi connectivity index (χ1) is 30.1. The molecule has 2 unspecified atom stereocenters. The second-order valence-corrected chi connectivity index (χ2v) is 19.6. The second-order valence-electron chi connectivity index (χ2n) is 18.2. The fourth-order valence-corrected chi connectivity index (χ4v) is 7.63. The first-order valence-electron chi connectivity index (χ1n) is 25.5. The van der Waals surface area contributed by atoms with Crippen molar-refractivity contribution in [1.82, 2.24) is 0 Å². The number of hydrogen-bond acceptors (Lipinski definition) is 6. The summed E-state index contributed by atoms with van der Waals surface area (Å²) in [7, 11) is 1.66. The number of carbonyl (C=O) groups excluding carboxylic acids is 1. The van der Waals surface area contributed by atoms with Crippen LogP contribution in [0.3, 0.4) is 0 Å². The van der Waals surface area contributed by atoms with E-state index in [1.807, 2.05) is 21.1 Å². The zero-order valence-corrected chi connectivity index (χ0v) is 42.0. The maximum absolute atomic E-state index is 12.8. The van der Waals surface area contributed by atoms with Crippen LogP contribution >= 0.6 is 7.82 Å². The lowest BCUT2D eigenvalue weighted by Gasteiger charge is -2.24. The molecular formula is C53H99NO7P+. The maximum Gasteiger partial charge on any atom is 0.472 e. The van der Waals surface area contributed by atoms with Gasteiger partial charge in [-0.15, -0.1) is 0 Å². The van der Waals surface area contributed by atoms with Gasteiger partial charge in [0.15, 0.2) is 0 Å². The maximum atomic E-state index is 12.8. The summed E-state index contributed by atoms with van der Waals surface area (Å²) >= 11 is 0. The molecule has 0 fully saturated rings. The number of nitrogens with zero attached hydrogens (tertiary/aromatic N) is 1. The summed E-state index contributed by atoms with van der Waals surface area (Å²) in [5.41, 5.74) is 0. The fraction of sp³-hybridized carbons (Fsp3) is 0.792. The normalized spacial score (nSPS) is 14.1. The van der Waals surface area contributed by atoms with E-state index in [1.165, 1.54) is 135 Å². The van der Waals surface area contributed by atoms with Crippen LogP contribution < -0.4 is 0 Å². The highest BCUT2D eigenvalue weighted by Crippen LogP contribution is 2.43. The van der Waals surface area contributed by atoms with Crippen molar-refractivity contribution in [3.63, 3.8) is 0 Å². The Labute approximate surface area is 383 Å². The summed E-state index contributed by atoms with van der Waals surface area (Å²) < 4.78 is 35.1. The molecule has 0 radical (unpaired) electrons. The molecule has 0 aromatic rings. The molecule has 8 nitrogen and oxygen atoms in total. The monoisotopic (exact) mass is 893 g/mol. The minimum Gasteiger partial charge on any atom is -0.457 e. The average molecular weight is 893 g/mol. The van der Waals surface area contributed by atoms with Crippen LogP contribution in [-0.2, 0) is 27.9 Å². The molecular weight excluding hydrogens is 794 g/mol. The lowest BCUT2D eigenvalue weighted by molar-refractivity contribution is -0.870. The molecule has 0 aliphatic carbocycles. The van der Waals surface area contributed by atoms with Crippen molar-refractivity contribution >= 4 is 13.8 Å². The van der Waals surface area contributed by atoms with E-state index in [2.05, 4.69) is 74.6 Å². The van der Waals surface area contributed by atoms with E-state index in [0.717, 1.165) is 57.8 Å². The number of allylic oxidation sites excluding steroid dienone is 10. The van der Waals surface area contributed by atoms with Crippen LogP contribution in [0.2, 0.25) is 0 Å². The average Bonchev–Trinajstić information content (AvgIpc) is 3.23. The van der Waals surface area contributed by atoms with Crippen molar-refractivity contribution in [1.29, 1.82) is 0 Å². The van der Waals surface area contributed by atoms with E-state index in [9.17, 15) is 14.3 Å². The van der Waals surface area contributed by atoms with Crippen molar-refractivity contribution < 1.29 is 37.3 Å². The molecule has 0 aromatic carbocycles. The Bertz CT molecular complexity index is 1170. The Hall–Kier alpha value is -1.80. The molecule has 9 heteroatoms. The lowest BCUT2D eigenvalue weighted by atomic mass is 10.1. The molecule has 0 saturated carbocycles. The number of quaternary nitrogens is 1. The van der Waals surface area contributed by atoms with Gasteiger partial charge in [0.05, 0.1) is 34.4 Å². The first-order valence-corrected chi connectivity index (χ1v) is 27.0. The number of rotatable bonds is 47. The van der Waals surface area contributed by atoms with E-state index < -0.39 is 13.9 Å². The molecule has 0 spiro atoms. The van der Waals surface area contributed by atoms with Crippen molar-refractivity contribution in [3.05, 3.63) is 60.8 Å². The summed E-state index contributed by atoms with van der Waals surface area (Å²) in [6.45, 7) is 5.50. The summed E-state index contributed by atoms with van der Waals surface area (Å²) in [5, 5.41) is 0. The van der Waals surface area contributed by atoms with Gasteiger partial charge in [0, 0.05) is 13.0 Å². The van der Waals surface area contributed by atoms with Crippen molar-refractivity contribution in [2.45, 2.75) is 219 Å². The molecule has 62 heavy (non-hydrogen) atoms. The van der Waals surface area contributed by atoms with Crippen LogP contribution in [0.5, 0.6) is 0 Å². The van der Waals surface area contributed by atoms with Crippen LogP contribution in [0, 0.1) is 0 Å². The zero-order valence-electron chi connectivity index (χ0n) is 41.1. The zero-order chi connectivity index (χ0) is 45.5. The summed E-state index contributed by atoms with van der Waals surface area (Å²) in [4.78, 5) is 23.0. The summed E-state index contributed by atoms with van der Waals surface area (Å²) in [6, 6.07) is 0. The Morgan fingerprint density at radius 1 is 0.516 bits per heavy atom. The Kier molecular flexibility index (Phi) is 44.4. The molecule has 0 saturated heterocycles. The van der Waals surface area contributed by atoms with E-state index in [4.69, 9.17) is 18.5 Å². The van der Waals surface area contributed by atoms with Crippen LogP contribution in [0.1, 0.15) is 213 Å². The van der Waals surface area contributed by atoms with Gasteiger partial charge in [-0.1, -0.05) is 190 Å². The molecule has 0 bridgehead atoms. The summed E-state index contributed by atoms with van der Waals surface area (Å²) in [5.74, 6) is -0.320. The fourth-order valence-electron chi connectivity index (χ4n) is 6.89. The standard InChI is InChI=1S/C53H98NO7P/c1-6-8-10-12-14-16-18-20-22-24-26-27-28-29-31-33-35-37-39-41-43-45-48-58-50-52(51-60-62(56,57)59-49-47-54(3,4)5)61-53(55)46-44-42-40-38-36-34-32-30-25-23-21-19-17-15-13-11-9-7-2/h8,10,14,16,20,22-23,25-27,52H,6-7,9,11-13,15,17-19,21,24,28-51H2,1-5H3/p+1/b10-8-,16-14-,22-20-,25-23-,27-26-. The quantitative estimate of drug-likeness (QED) is 0.0214. The van der Waals surface area contributed by atoms with Gasteiger partial charge in [0.2, 0.25) is 0 Å². The topological polar surface area (TPSA) is 91.3 Å². The van der Waals surface area contributed by atoms with E-state index in [0.29, 0.717) is 24.1 Å². The SMILES string of the molecule is CC/C=C\C/C=C\C/C=C\C/C=C\CCCCCCCCCCCOCC(COP(=O)(O)OCC[N+](C)(C)C)OC(=O)CCCCCCCCC/C=C\CCCCCCCCC. The van der Waals surface area contributed by atoms with Gasteiger partial charge in [-0.05, 0) is 77.0 Å². The highest BCUT2D eigenvalue weighted by Gasteiger charge is 2.26. The molecule has 2 atom stereocenters. The molecule has 362 valence electrons. The Morgan fingerprint density at radius 3 is 1.42 bits per heavy atom. The van der Waals surface area contributed by atoms with Gasteiger partial charge in [-0.25, -0.2) is 4.57 Å². The smallest absolute Gasteiger partial charge is 0.457 e. The van der Waals surface area contributed by atoms with Gasteiger partial charge >= 0.3 is 13.8 Å². The Balaban J connectivity index is 4.16. The van der Waals surface area contributed by atoms with Crippen molar-refractivity contribution in [2.75, 3.05) is 54.1 Å². The minimum absolute atomic E-state index is 0.0846. The Morgan fingerprint density at radius 2 is 0.935 bits per heavy atom. The van der Waals surface area contributed by atoms with Gasteiger partial charge in [0.1, 0.15) is 19.3 Å². The lowest BCUT2D eigenvalue weighted by Crippen LogP contribution is -2.37. The largest absolute Gasteiger partial charge is 0.472 e. The van der Waals surface area contributed by atoms with E-state index in [1.54, 1.807) is 0 Å². The van der Waals surface area contributed by atoms with Crippen LogP contribution in [-0.4, -0.2) is 75.6 Å². The van der Waals surface area contributed by atoms with Gasteiger partial charge < -0.3 is 18.9 Å². The number of esters is 1. The van der Waals surface area contributed by atoms with Gasteiger partial charge in [0.25, 0.3) is 0 Å². The first kappa shape index (κ1) is 60.2. The molecule has 0 aliphatic rings. The van der Waals surface area contributed by atoms with Gasteiger partial charge in [-0.3, -0.25) is 13.8 Å². The number of carbonyl (C=O) groups is 1. The minimum atomic E-state index is -4.29. The van der Waals surface area contributed by atoms with Crippen LogP contribution in [0.25, 0.3) is 0 Å². The number of phosphoric ester groups is 1. The highest BCUT2D eigenvalue weighted by molar-refractivity contribution is 7.47. The van der Waals surface area contributed by atoms with Crippen LogP contribution in [0.4, 0.5) is 0 Å². The van der Waals surface area contributed by atoms with Crippen molar-refractivity contribution in [2.24, 2.45) is 0 Å². The van der Waals surface area contributed by atoms with Gasteiger partial charge in [-0.2, -0.15) is 0 Å². The predicted molar refractivity (Wildman–Crippen MR) is 266 cm³/mol. The molecule has 0 rings (SSSR count). The molecule has 0 heterocycles. The molecule has 1 N–H and O–H groups in total. The molecule has 0 aromatic heterocycles. The van der Waals surface area contributed by atoms with Crippen molar-refractivity contribution in [3.8, 4) is 0 Å². The number of hydrogen-bond donors (Lipinski definition) is 1. The second kappa shape index (κ2) is 45.8. The predicted octanol–water partition coefficient (Wildman–Crippen LogP) is 15.7. The number of unbranched alkanes of at least 4 members (excludes halogenated alkanes) is 23. The third-order valence-corrected chi connectivity index (χ3v) is 11.8. The number of ether oxygens (including phenoxy) is 2. The highest BCUT2D eigenvalue weighted by atomic mass is 31.2. The third-order valence-electron chi connectivity index (χ3n) is 10.8. The third kappa shape index (κ3) is 49.2. The molecule has 0 aliphatic heterocycles. The number of likely N-dealkylation sites (N-methyl/N-ethyl adjacent to an activating group) is 1. The number of phosphoric acid groups is 1. The summed E-state index contributed by atoms with van der Waals surface area (Å²) in [6.07, 6.45) is 58.3. The van der Waals surface area contributed by atoms with Crippen LogP contribution in [0.15, 0.2) is 60.8 Å². The van der Waals surface area contributed by atoms with E-state index >= 15 is 0 Å².